The van der Waals surface area contributed by atoms with Gasteiger partial charge in [-0.1, -0.05) is 33.4 Å². The van der Waals surface area contributed by atoms with Crippen LogP contribution in [0.2, 0.25) is 0 Å². The summed E-state index contributed by atoms with van der Waals surface area (Å²) in [6.07, 6.45) is 3.32. The first-order valence-corrected chi connectivity index (χ1v) is 10.9. The molecule has 30 heavy (non-hydrogen) atoms. The zero-order valence-electron chi connectivity index (χ0n) is 19.4. The molecule has 1 heterocycles. The Morgan fingerprint density at radius 2 is 1.60 bits per heavy atom. The highest BCUT2D eigenvalue weighted by molar-refractivity contribution is 5.90. The molecule has 0 radical (unpaired) electrons. The minimum atomic E-state index is -1.10. The molecular weight excluding hydrogens is 384 g/mol. The zero-order chi connectivity index (χ0) is 22.7. The van der Waals surface area contributed by atoms with E-state index in [1.807, 2.05) is 6.92 Å². The van der Waals surface area contributed by atoms with Gasteiger partial charge in [-0.25, -0.2) is 0 Å². The Kier molecular flexibility index (Phi) is 5.50. The van der Waals surface area contributed by atoms with Crippen LogP contribution in [-0.4, -0.2) is 41.1 Å². The van der Waals surface area contributed by atoms with E-state index in [0.29, 0.717) is 12.8 Å². The molecule has 0 aromatic rings. The first kappa shape index (κ1) is 23.0. The molecule has 0 aromatic heterocycles. The lowest BCUT2D eigenvalue weighted by molar-refractivity contribution is -0.289. The summed E-state index contributed by atoms with van der Waals surface area (Å²) in [5, 5.41) is 0. The lowest BCUT2D eigenvalue weighted by Crippen LogP contribution is -2.71. The van der Waals surface area contributed by atoms with Crippen molar-refractivity contribution in [2.45, 2.75) is 97.6 Å². The van der Waals surface area contributed by atoms with Gasteiger partial charge in [-0.15, -0.1) is 0 Å². The fraction of sp³-hybridized carbons (Fsp3) is 0.792. The predicted octanol–water partition coefficient (Wildman–Crippen LogP) is 4.01. The summed E-state index contributed by atoms with van der Waals surface area (Å²) in [7, 11) is 0. The molecule has 168 valence electrons. The largest absolute Gasteiger partial charge is 0.462 e. The third-order valence-electron chi connectivity index (χ3n) is 8.43. The third-order valence-corrected chi connectivity index (χ3v) is 8.43. The topological polar surface area (TPSA) is 78.9 Å². The summed E-state index contributed by atoms with van der Waals surface area (Å²) in [6.45, 7) is 16.8. The molecule has 0 bridgehead atoms. The van der Waals surface area contributed by atoms with Crippen LogP contribution in [0, 0.1) is 22.7 Å². The van der Waals surface area contributed by atoms with Gasteiger partial charge in [-0.2, -0.15) is 0 Å². The smallest absolute Gasteiger partial charge is 0.303 e. The molecule has 6 heteroatoms. The maximum Gasteiger partial charge on any atom is 0.303 e. The molecule has 0 unspecified atom stereocenters. The number of fused-ring (bicyclic) bond motifs is 3. The van der Waals surface area contributed by atoms with Crippen molar-refractivity contribution in [3.63, 3.8) is 0 Å². The lowest BCUT2D eigenvalue weighted by atomic mass is 9.43. The predicted molar refractivity (Wildman–Crippen MR) is 112 cm³/mol. The van der Waals surface area contributed by atoms with Gasteiger partial charge < -0.3 is 14.2 Å². The number of ketones is 1. The molecule has 1 aliphatic heterocycles. The summed E-state index contributed by atoms with van der Waals surface area (Å²) in [5.74, 6) is -0.675. The molecule has 0 spiro atoms. The van der Waals surface area contributed by atoms with Crippen LogP contribution in [0.25, 0.3) is 0 Å². The molecule has 2 aliphatic carbocycles. The number of esters is 2. The number of ether oxygens (including phenoxy) is 3. The second kappa shape index (κ2) is 7.18. The number of hydrogen-bond acceptors (Lipinski definition) is 6. The Balaban J connectivity index is 2.09. The molecule has 6 nitrogen and oxygen atoms in total. The molecule has 0 N–H and O–H groups in total. The van der Waals surface area contributed by atoms with Crippen LogP contribution in [0.5, 0.6) is 0 Å². The summed E-state index contributed by atoms with van der Waals surface area (Å²) in [4.78, 5) is 36.8. The van der Waals surface area contributed by atoms with Crippen LogP contribution in [0.4, 0.5) is 0 Å². The van der Waals surface area contributed by atoms with Crippen molar-refractivity contribution in [3.8, 4) is 0 Å². The van der Waals surface area contributed by atoms with E-state index < -0.39 is 17.3 Å². The molecule has 2 saturated carbocycles. The van der Waals surface area contributed by atoms with Gasteiger partial charge in [0.15, 0.2) is 5.78 Å². The number of Topliss-reactive ketones (excluding diaryl/α,β-unsaturated/α-hetero) is 1. The molecular formula is C24H36O6. The van der Waals surface area contributed by atoms with Crippen molar-refractivity contribution in [2.75, 3.05) is 0 Å². The second-order valence-corrected chi connectivity index (χ2v) is 10.6. The first-order valence-electron chi connectivity index (χ1n) is 10.9. The van der Waals surface area contributed by atoms with Crippen molar-refractivity contribution in [2.24, 2.45) is 22.7 Å². The van der Waals surface area contributed by atoms with Crippen LogP contribution in [0.1, 0.15) is 74.1 Å². The van der Waals surface area contributed by atoms with E-state index in [1.165, 1.54) is 13.8 Å². The maximum absolute atomic E-state index is 13.1. The number of rotatable bonds is 3. The highest BCUT2D eigenvalue weighted by Gasteiger charge is 2.69. The Labute approximate surface area is 179 Å². The van der Waals surface area contributed by atoms with E-state index in [2.05, 4.69) is 27.4 Å². The fourth-order valence-corrected chi connectivity index (χ4v) is 6.79. The van der Waals surface area contributed by atoms with Crippen molar-refractivity contribution in [1.82, 2.24) is 0 Å². The molecule has 0 amide bonds. The van der Waals surface area contributed by atoms with E-state index in [4.69, 9.17) is 14.2 Å². The quantitative estimate of drug-likeness (QED) is 0.507. The molecule has 0 aromatic carbocycles. The van der Waals surface area contributed by atoms with Gasteiger partial charge in [-0.05, 0) is 44.4 Å². The van der Waals surface area contributed by atoms with Gasteiger partial charge in [0.25, 0.3) is 0 Å². The van der Waals surface area contributed by atoms with Crippen LogP contribution in [0.15, 0.2) is 12.7 Å². The highest BCUT2D eigenvalue weighted by atomic mass is 16.6. The Bertz CT molecular complexity index is 772. The van der Waals surface area contributed by atoms with Crippen LogP contribution < -0.4 is 0 Å². The second-order valence-electron chi connectivity index (χ2n) is 10.6. The molecule has 1 saturated heterocycles. The maximum atomic E-state index is 13.1. The van der Waals surface area contributed by atoms with E-state index >= 15 is 0 Å². The van der Waals surface area contributed by atoms with Gasteiger partial charge >= 0.3 is 11.9 Å². The molecule has 3 fully saturated rings. The summed E-state index contributed by atoms with van der Waals surface area (Å²) < 4.78 is 18.0. The standard InChI is InChI=1S/C24H36O6/c1-9-23(7)18(27)12-17-22(6)11-10-19(28-14(2)25)21(4,5)16(22)13-20(29-15(3)26)24(17,8)30-23/h9,16-17,19-20H,1,10-13H2,2-8H3/t16-,17+,19-,20-,22-,23+,24-/m1/s1. The van der Waals surface area contributed by atoms with E-state index in [9.17, 15) is 14.4 Å². The minimum Gasteiger partial charge on any atom is -0.462 e. The monoisotopic (exact) mass is 420 g/mol. The third kappa shape index (κ3) is 3.31. The van der Waals surface area contributed by atoms with Gasteiger partial charge in [-0.3, -0.25) is 14.4 Å². The first-order chi connectivity index (χ1) is 13.7. The summed E-state index contributed by atoms with van der Waals surface area (Å²) >= 11 is 0. The average molecular weight is 421 g/mol. The lowest BCUT2D eigenvalue weighted by Gasteiger charge is -2.67. The number of carbonyl (C=O) groups excluding carboxylic acids is 3. The Hall–Kier alpha value is -1.69. The van der Waals surface area contributed by atoms with E-state index in [0.717, 1.165) is 12.8 Å². The molecule has 7 atom stereocenters. The minimum absolute atomic E-state index is 0.00309. The van der Waals surface area contributed by atoms with Crippen molar-refractivity contribution >= 4 is 17.7 Å². The van der Waals surface area contributed by atoms with E-state index in [1.54, 1.807) is 13.0 Å². The van der Waals surface area contributed by atoms with Crippen LogP contribution >= 0.6 is 0 Å². The normalized spacial score (nSPS) is 45.0. The molecule has 3 aliphatic rings. The van der Waals surface area contributed by atoms with E-state index in [-0.39, 0.29) is 46.5 Å². The van der Waals surface area contributed by atoms with Crippen molar-refractivity contribution in [1.29, 1.82) is 0 Å². The number of hydrogen-bond donors (Lipinski definition) is 0. The molecule has 3 rings (SSSR count). The van der Waals surface area contributed by atoms with Gasteiger partial charge in [0, 0.05) is 31.6 Å². The van der Waals surface area contributed by atoms with Crippen molar-refractivity contribution < 1.29 is 28.6 Å². The van der Waals surface area contributed by atoms with Crippen LogP contribution in [0.3, 0.4) is 0 Å². The van der Waals surface area contributed by atoms with Gasteiger partial charge in [0.05, 0.1) is 0 Å². The Morgan fingerprint density at radius 1 is 1.03 bits per heavy atom. The average Bonchev–Trinajstić information content (AvgIpc) is 2.62. The van der Waals surface area contributed by atoms with Gasteiger partial charge in [0.1, 0.15) is 23.4 Å². The van der Waals surface area contributed by atoms with Crippen LogP contribution in [-0.2, 0) is 28.6 Å². The SMILES string of the molecule is C=C[C@]1(C)O[C@@]2(C)[C@H](OC(C)=O)C[C@@H]3C(C)(C)[C@H](OC(C)=O)CC[C@@]3(C)[C@@H]2CC1=O. The zero-order valence-corrected chi connectivity index (χ0v) is 19.4. The van der Waals surface area contributed by atoms with Crippen molar-refractivity contribution in [3.05, 3.63) is 12.7 Å². The number of carbonyl (C=O) groups is 3. The Morgan fingerprint density at radius 3 is 2.13 bits per heavy atom. The van der Waals surface area contributed by atoms with Gasteiger partial charge in [0.2, 0.25) is 0 Å². The highest BCUT2D eigenvalue weighted by Crippen LogP contribution is 2.66. The summed E-state index contributed by atoms with van der Waals surface area (Å²) in [5.41, 5.74) is -2.46. The fourth-order valence-electron chi connectivity index (χ4n) is 6.79. The summed E-state index contributed by atoms with van der Waals surface area (Å²) in [6, 6.07) is 0.